The Labute approximate surface area is 107 Å². The van der Waals surface area contributed by atoms with Crippen molar-refractivity contribution in [3.63, 3.8) is 0 Å². The molecule has 0 aromatic rings. The average molecular weight is 242 g/mol. The lowest BCUT2D eigenvalue weighted by atomic mass is 9.78. The van der Waals surface area contributed by atoms with E-state index in [4.69, 9.17) is 4.74 Å². The van der Waals surface area contributed by atoms with Crippen LogP contribution in [0.5, 0.6) is 0 Å². The standard InChI is InChI=1S/C14H30N2O/c1-5-15-14-7-6-12(2)10-13(14)11-16(3)8-9-17-4/h12-15H,5-11H2,1-4H3. The molecule has 3 atom stereocenters. The number of rotatable bonds is 7. The minimum atomic E-state index is 0.723. The number of ether oxygens (including phenoxy) is 1. The zero-order valence-corrected chi connectivity index (χ0v) is 12.0. The van der Waals surface area contributed by atoms with Gasteiger partial charge in [-0.1, -0.05) is 13.8 Å². The van der Waals surface area contributed by atoms with Crippen LogP contribution in [0.1, 0.15) is 33.1 Å². The minimum Gasteiger partial charge on any atom is -0.383 e. The van der Waals surface area contributed by atoms with Crippen LogP contribution in [0, 0.1) is 11.8 Å². The predicted molar refractivity (Wildman–Crippen MR) is 73.3 cm³/mol. The van der Waals surface area contributed by atoms with Gasteiger partial charge in [0, 0.05) is 26.2 Å². The number of likely N-dealkylation sites (N-methyl/N-ethyl adjacent to an activating group) is 1. The van der Waals surface area contributed by atoms with E-state index in [1.54, 1.807) is 7.11 Å². The molecule has 1 fully saturated rings. The smallest absolute Gasteiger partial charge is 0.0589 e. The van der Waals surface area contributed by atoms with Crippen LogP contribution in [0.4, 0.5) is 0 Å². The van der Waals surface area contributed by atoms with Crippen molar-refractivity contribution in [2.75, 3.05) is 40.4 Å². The Hall–Kier alpha value is -0.120. The molecule has 102 valence electrons. The quantitative estimate of drug-likeness (QED) is 0.739. The van der Waals surface area contributed by atoms with E-state index >= 15 is 0 Å². The van der Waals surface area contributed by atoms with Crippen LogP contribution >= 0.6 is 0 Å². The van der Waals surface area contributed by atoms with Crippen LogP contribution in [0.25, 0.3) is 0 Å². The van der Waals surface area contributed by atoms with Gasteiger partial charge >= 0.3 is 0 Å². The first-order chi connectivity index (χ1) is 8.17. The van der Waals surface area contributed by atoms with Crippen LogP contribution in [-0.4, -0.2) is 51.3 Å². The molecular formula is C14H30N2O. The summed E-state index contributed by atoms with van der Waals surface area (Å²) in [6.45, 7) is 8.78. The average Bonchev–Trinajstić information content (AvgIpc) is 2.30. The molecule has 3 nitrogen and oxygen atoms in total. The number of hydrogen-bond donors (Lipinski definition) is 1. The molecule has 1 rings (SSSR count). The number of nitrogens with one attached hydrogen (secondary N) is 1. The van der Waals surface area contributed by atoms with E-state index in [0.717, 1.165) is 37.6 Å². The van der Waals surface area contributed by atoms with Gasteiger partial charge in [0.1, 0.15) is 0 Å². The van der Waals surface area contributed by atoms with E-state index in [2.05, 4.69) is 31.1 Å². The highest BCUT2D eigenvalue weighted by Gasteiger charge is 2.28. The number of nitrogens with zero attached hydrogens (tertiary/aromatic N) is 1. The minimum absolute atomic E-state index is 0.723. The maximum atomic E-state index is 5.14. The lowest BCUT2D eigenvalue weighted by molar-refractivity contribution is 0.125. The van der Waals surface area contributed by atoms with Gasteiger partial charge < -0.3 is 15.0 Å². The fourth-order valence-electron chi connectivity index (χ4n) is 2.97. The molecule has 1 N–H and O–H groups in total. The Kier molecular flexibility index (Phi) is 7.09. The molecule has 1 aliphatic carbocycles. The summed E-state index contributed by atoms with van der Waals surface area (Å²) in [4.78, 5) is 2.41. The van der Waals surface area contributed by atoms with Crippen molar-refractivity contribution >= 4 is 0 Å². The van der Waals surface area contributed by atoms with E-state index in [1.807, 2.05) is 0 Å². The van der Waals surface area contributed by atoms with Crippen molar-refractivity contribution in [3.8, 4) is 0 Å². The molecule has 1 saturated carbocycles. The molecule has 0 radical (unpaired) electrons. The Morgan fingerprint density at radius 1 is 1.35 bits per heavy atom. The Balaban J connectivity index is 2.39. The monoisotopic (exact) mass is 242 g/mol. The number of methoxy groups -OCH3 is 1. The molecule has 0 aromatic heterocycles. The molecule has 0 aromatic carbocycles. The fourth-order valence-corrected chi connectivity index (χ4v) is 2.97. The second-order valence-corrected chi connectivity index (χ2v) is 5.60. The summed E-state index contributed by atoms with van der Waals surface area (Å²) in [7, 11) is 3.99. The summed E-state index contributed by atoms with van der Waals surface area (Å²) in [5.74, 6) is 1.70. The van der Waals surface area contributed by atoms with Gasteiger partial charge in [-0.05, 0) is 44.7 Å². The molecular weight excluding hydrogens is 212 g/mol. The topological polar surface area (TPSA) is 24.5 Å². The highest BCUT2D eigenvalue weighted by Crippen LogP contribution is 2.29. The van der Waals surface area contributed by atoms with Crippen molar-refractivity contribution in [3.05, 3.63) is 0 Å². The fraction of sp³-hybridized carbons (Fsp3) is 1.00. The zero-order chi connectivity index (χ0) is 12.7. The summed E-state index contributed by atoms with van der Waals surface area (Å²) >= 11 is 0. The SMILES string of the molecule is CCNC1CCC(C)CC1CN(C)CCOC. The summed E-state index contributed by atoms with van der Waals surface area (Å²) < 4.78 is 5.14. The Bertz CT molecular complexity index is 199. The second-order valence-electron chi connectivity index (χ2n) is 5.60. The third-order valence-electron chi connectivity index (χ3n) is 3.93. The third kappa shape index (κ3) is 5.36. The molecule has 0 bridgehead atoms. The molecule has 1 aliphatic rings. The zero-order valence-electron chi connectivity index (χ0n) is 12.0. The van der Waals surface area contributed by atoms with Gasteiger partial charge in [-0.3, -0.25) is 0 Å². The van der Waals surface area contributed by atoms with Crippen molar-refractivity contribution in [2.45, 2.75) is 39.2 Å². The molecule has 0 saturated heterocycles. The van der Waals surface area contributed by atoms with Crippen LogP contribution in [0.15, 0.2) is 0 Å². The molecule has 0 heterocycles. The first kappa shape index (κ1) is 14.9. The van der Waals surface area contributed by atoms with Crippen LogP contribution in [0.3, 0.4) is 0 Å². The maximum absolute atomic E-state index is 5.14. The summed E-state index contributed by atoms with van der Waals surface area (Å²) in [6, 6.07) is 0.723. The van der Waals surface area contributed by atoms with Crippen molar-refractivity contribution in [1.82, 2.24) is 10.2 Å². The van der Waals surface area contributed by atoms with Gasteiger partial charge in [0.15, 0.2) is 0 Å². The van der Waals surface area contributed by atoms with Gasteiger partial charge in [-0.15, -0.1) is 0 Å². The highest BCUT2D eigenvalue weighted by molar-refractivity contribution is 4.84. The van der Waals surface area contributed by atoms with Gasteiger partial charge in [0.05, 0.1) is 6.61 Å². The molecule has 0 amide bonds. The maximum Gasteiger partial charge on any atom is 0.0589 e. The summed E-state index contributed by atoms with van der Waals surface area (Å²) in [6.07, 6.45) is 4.10. The Morgan fingerprint density at radius 3 is 2.76 bits per heavy atom. The lowest BCUT2D eigenvalue weighted by Crippen LogP contribution is -2.45. The third-order valence-corrected chi connectivity index (χ3v) is 3.93. The van der Waals surface area contributed by atoms with Crippen molar-refractivity contribution in [1.29, 1.82) is 0 Å². The molecule has 3 heteroatoms. The predicted octanol–water partition coefficient (Wildman–Crippen LogP) is 1.98. The first-order valence-corrected chi connectivity index (χ1v) is 7.08. The van der Waals surface area contributed by atoms with Crippen molar-refractivity contribution < 1.29 is 4.74 Å². The lowest BCUT2D eigenvalue weighted by Gasteiger charge is -2.37. The summed E-state index contributed by atoms with van der Waals surface area (Å²) in [5, 5.41) is 3.66. The van der Waals surface area contributed by atoms with Crippen molar-refractivity contribution in [2.24, 2.45) is 11.8 Å². The first-order valence-electron chi connectivity index (χ1n) is 7.08. The van der Waals surface area contributed by atoms with E-state index in [1.165, 1.54) is 25.8 Å². The molecule has 0 aliphatic heterocycles. The van der Waals surface area contributed by atoms with Gasteiger partial charge in [-0.2, -0.15) is 0 Å². The molecule has 0 spiro atoms. The largest absolute Gasteiger partial charge is 0.383 e. The van der Waals surface area contributed by atoms with Crippen LogP contribution in [-0.2, 0) is 4.74 Å². The van der Waals surface area contributed by atoms with Gasteiger partial charge in [-0.25, -0.2) is 0 Å². The van der Waals surface area contributed by atoms with E-state index < -0.39 is 0 Å². The molecule has 3 unspecified atom stereocenters. The summed E-state index contributed by atoms with van der Waals surface area (Å²) in [5.41, 5.74) is 0. The van der Waals surface area contributed by atoms with Crippen LogP contribution in [0.2, 0.25) is 0 Å². The van der Waals surface area contributed by atoms with Gasteiger partial charge in [0.25, 0.3) is 0 Å². The van der Waals surface area contributed by atoms with E-state index in [9.17, 15) is 0 Å². The molecule has 17 heavy (non-hydrogen) atoms. The van der Waals surface area contributed by atoms with Gasteiger partial charge in [0.2, 0.25) is 0 Å². The Morgan fingerprint density at radius 2 is 2.12 bits per heavy atom. The van der Waals surface area contributed by atoms with Crippen LogP contribution < -0.4 is 5.32 Å². The second kappa shape index (κ2) is 8.06. The van der Waals surface area contributed by atoms with E-state index in [-0.39, 0.29) is 0 Å². The normalized spacial score (nSPS) is 29.8. The number of hydrogen-bond acceptors (Lipinski definition) is 3. The van der Waals surface area contributed by atoms with E-state index in [0.29, 0.717) is 0 Å². The highest BCUT2D eigenvalue weighted by atomic mass is 16.5.